The van der Waals surface area contributed by atoms with E-state index in [9.17, 15) is 9.59 Å². The largest absolute Gasteiger partial charge is 0.357 e. The number of aryl methyl sites for hydroxylation is 1. The number of hydrogen-bond donors (Lipinski definition) is 1. The first-order valence-corrected chi connectivity index (χ1v) is 10.9. The summed E-state index contributed by atoms with van der Waals surface area (Å²) in [6.45, 7) is 4.38. The van der Waals surface area contributed by atoms with Gasteiger partial charge in [-0.3, -0.25) is 9.59 Å². The fourth-order valence-corrected chi connectivity index (χ4v) is 3.97. The van der Waals surface area contributed by atoms with Gasteiger partial charge in [-0.1, -0.05) is 54.9 Å². The maximum Gasteiger partial charge on any atom is 0.242 e. The van der Waals surface area contributed by atoms with Crippen LogP contribution >= 0.6 is 23.4 Å². The summed E-state index contributed by atoms with van der Waals surface area (Å²) in [7, 11) is 1.61. The van der Waals surface area contributed by atoms with E-state index in [-0.39, 0.29) is 11.8 Å². The molecule has 0 bridgehead atoms. The molecule has 0 aromatic heterocycles. The molecule has 0 fully saturated rings. The quantitative estimate of drug-likeness (QED) is 0.655. The molecular formula is C22H27ClN2O2S. The number of hydrogen-bond acceptors (Lipinski definition) is 3. The summed E-state index contributed by atoms with van der Waals surface area (Å²) in [5, 5.41) is 3.39. The lowest BCUT2D eigenvalue weighted by Gasteiger charge is -2.30. The highest BCUT2D eigenvalue weighted by molar-refractivity contribution is 7.99. The van der Waals surface area contributed by atoms with E-state index in [1.807, 2.05) is 62.4 Å². The van der Waals surface area contributed by atoms with Gasteiger partial charge in [0.15, 0.2) is 0 Å². The van der Waals surface area contributed by atoms with Crippen molar-refractivity contribution < 1.29 is 9.59 Å². The van der Waals surface area contributed by atoms with Crippen molar-refractivity contribution in [2.24, 2.45) is 0 Å². The standard InChI is InChI=1S/C22H27ClN2O2S/c1-4-20(22(27)24-3)25(13-18-8-6-5-7-16(18)2)21(26)15-28-14-17-9-11-19(23)12-10-17/h5-12,20H,4,13-15H2,1-3H3,(H,24,27)/t20-/m1/s1. The van der Waals surface area contributed by atoms with E-state index in [1.54, 1.807) is 23.7 Å². The fraction of sp³-hybridized carbons (Fsp3) is 0.364. The van der Waals surface area contributed by atoms with Crippen LogP contribution in [0.5, 0.6) is 0 Å². The summed E-state index contributed by atoms with van der Waals surface area (Å²) >= 11 is 7.46. The van der Waals surface area contributed by atoms with Crippen LogP contribution in [0, 0.1) is 6.92 Å². The molecule has 0 aliphatic rings. The summed E-state index contributed by atoms with van der Waals surface area (Å²) in [4.78, 5) is 27.1. The molecule has 0 radical (unpaired) electrons. The van der Waals surface area contributed by atoms with Crippen molar-refractivity contribution in [2.75, 3.05) is 12.8 Å². The summed E-state index contributed by atoms with van der Waals surface area (Å²) in [6, 6.07) is 15.1. The zero-order chi connectivity index (χ0) is 20.5. The Balaban J connectivity index is 2.10. The van der Waals surface area contributed by atoms with Crippen LogP contribution in [0.25, 0.3) is 0 Å². The van der Waals surface area contributed by atoms with Crippen LogP contribution in [0.1, 0.15) is 30.0 Å². The van der Waals surface area contributed by atoms with E-state index in [2.05, 4.69) is 5.32 Å². The van der Waals surface area contributed by atoms with Crippen molar-refractivity contribution in [1.29, 1.82) is 0 Å². The molecule has 0 aliphatic carbocycles. The van der Waals surface area contributed by atoms with E-state index < -0.39 is 6.04 Å². The van der Waals surface area contributed by atoms with Crippen LogP contribution in [0.2, 0.25) is 5.02 Å². The zero-order valence-electron chi connectivity index (χ0n) is 16.6. The Morgan fingerprint density at radius 1 is 1.14 bits per heavy atom. The Hall–Kier alpha value is -1.98. The first-order chi connectivity index (χ1) is 13.5. The monoisotopic (exact) mass is 418 g/mol. The average Bonchev–Trinajstić information content (AvgIpc) is 2.70. The third kappa shape index (κ3) is 6.28. The molecule has 4 nitrogen and oxygen atoms in total. The zero-order valence-corrected chi connectivity index (χ0v) is 18.1. The van der Waals surface area contributed by atoms with Gasteiger partial charge in [-0.05, 0) is 42.2 Å². The number of halogens is 1. The maximum absolute atomic E-state index is 13.0. The number of benzene rings is 2. The second kappa shape index (κ2) is 11.1. The minimum atomic E-state index is -0.478. The molecule has 6 heteroatoms. The van der Waals surface area contributed by atoms with Crippen LogP contribution < -0.4 is 5.32 Å². The lowest BCUT2D eigenvalue weighted by atomic mass is 10.1. The summed E-state index contributed by atoms with van der Waals surface area (Å²) in [5.41, 5.74) is 3.28. The smallest absolute Gasteiger partial charge is 0.242 e. The molecule has 2 amide bonds. The van der Waals surface area contributed by atoms with E-state index in [0.717, 1.165) is 22.4 Å². The minimum absolute atomic E-state index is 0.0299. The topological polar surface area (TPSA) is 49.4 Å². The SMILES string of the molecule is CC[C@H](C(=O)NC)N(Cc1ccccc1C)C(=O)CSCc1ccc(Cl)cc1. The lowest BCUT2D eigenvalue weighted by Crippen LogP contribution is -2.48. The number of nitrogens with one attached hydrogen (secondary N) is 1. The predicted octanol–water partition coefficient (Wildman–Crippen LogP) is 4.44. The predicted molar refractivity (Wildman–Crippen MR) is 117 cm³/mol. The van der Waals surface area contributed by atoms with Crippen molar-refractivity contribution in [3.63, 3.8) is 0 Å². The highest BCUT2D eigenvalue weighted by Crippen LogP contribution is 2.19. The first kappa shape index (κ1) is 22.3. The van der Waals surface area contributed by atoms with E-state index in [4.69, 9.17) is 11.6 Å². The second-order valence-corrected chi connectivity index (χ2v) is 8.03. The van der Waals surface area contributed by atoms with E-state index >= 15 is 0 Å². The van der Waals surface area contributed by atoms with Gasteiger partial charge in [-0.25, -0.2) is 0 Å². The van der Waals surface area contributed by atoms with Crippen molar-refractivity contribution in [3.05, 3.63) is 70.2 Å². The van der Waals surface area contributed by atoms with Gasteiger partial charge in [0, 0.05) is 24.4 Å². The molecule has 1 atom stereocenters. The summed E-state index contributed by atoms with van der Waals surface area (Å²) in [6.07, 6.45) is 0.569. The van der Waals surface area contributed by atoms with Gasteiger partial charge in [0.1, 0.15) is 6.04 Å². The molecule has 0 unspecified atom stereocenters. The summed E-state index contributed by atoms with van der Waals surface area (Å²) < 4.78 is 0. The molecular weight excluding hydrogens is 392 g/mol. The van der Waals surface area contributed by atoms with Crippen LogP contribution in [-0.2, 0) is 21.9 Å². The third-order valence-electron chi connectivity index (χ3n) is 4.64. The number of rotatable bonds is 9. The van der Waals surface area contributed by atoms with Crippen LogP contribution in [-0.4, -0.2) is 35.6 Å². The van der Waals surface area contributed by atoms with Crippen molar-refractivity contribution in [3.8, 4) is 0 Å². The average molecular weight is 419 g/mol. The van der Waals surface area contributed by atoms with Crippen molar-refractivity contribution >= 4 is 35.2 Å². The second-order valence-electron chi connectivity index (χ2n) is 6.61. The van der Waals surface area contributed by atoms with Gasteiger partial charge in [0.2, 0.25) is 11.8 Å². The molecule has 28 heavy (non-hydrogen) atoms. The number of amides is 2. The Morgan fingerprint density at radius 2 is 1.82 bits per heavy atom. The Bertz CT molecular complexity index is 795. The third-order valence-corrected chi connectivity index (χ3v) is 5.88. The van der Waals surface area contributed by atoms with Gasteiger partial charge >= 0.3 is 0 Å². The normalized spacial score (nSPS) is 11.7. The fourth-order valence-electron chi connectivity index (χ4n) is 2.98. The Kier molecular flexibility index (Phi) is 8.87. The lowest BCUT2D eigenvalue weighted by molar-refractivity contribution is -0.139. The molecule has 2 rings (SSSR count). The highest BCUT2D eigenvalue weighted by Gasteiger charge is 2.28. The minimum Gasteiger partial charge on any atom is -0.357 e. The molecule has 0 spiro atoms. The van der Waals surface area contributed by atoms with Crippen LogP contribution in [0.15, 0.2) is 48.5 Å². The summed E-state index contributed by atoms with van der Waals surface area (Å²) in [5.74, 6) is 0.879. The number of likely N-dealkylation sites (N-methyl/N-ethyl adjacent to an activating group) is 1. The van der Waals surface area contributed by atoms with E-state index in [0.29, 0.717) is 23.7 Å². The molecule has 0 saturated carbocycles. The highest BCUT2D eigenvalue weighted by atomic mass is 35.5. The molecule has 2 aromatic carbocycles. The van der Waals surface area contributed by atoms with Gasteiger partial charge in [0.05, 0.1) is 5.75 Å². The molecule has 1 N–H and O–H groups in total. The number of carbonyl (C=O) groups excluding carboxylic acids is 2. The number of thioether (sulfide) groups is 1. The Morgan fingerprint density at radius 3 is 2.43 bits per heavy atom. The maximum atomic E-state index is 13.0. The molecule has 2 aromatic rings. The number of carbonyl (C=O) groups is 2. The van der Waals surface area contributed by atoms with Gasteiger partial charge in [-0.2, -0.15) is 0 Å². The van der Waals surface area contributed by atoms with E-state index in [1.165, 1.54) is 0 Å². The molecule has 150 valence electrons. The van der Waals surface area contributed by atoms with Gasteiger partial charge in [-0.15, -0.1) is 11.8 Å². The van der Waals surface area contributed by atoms with Crippen molar-refractivity contribution in [2.45, 2.75) is 38.6 Å². The number of nitrogens with zero attached hydrogens (tertiary/aromatic N) is 1. The van der Waals surface area contributed by atoms with Gasteiger partial charge < -0.3 is 10.2 Å². The first-order valence-electron chi connectivity index (χ1n) is 9.34. The van der Waals surface area contributed by atoms with Crippen molar-refractivity contribution in [1.82, 2.24) is 10.2 Å². The molecule has 0 saturated heterocycles. The van der Waals surface area contributed by atoms with Gasteiger partial charge in [0.25, 0.3) is 0 Å². The molecule has 0 aliphatic heterocycles. The van der Waals surface area contributed by atoms with Crippen LogP contribution in [0.4, 0.5) is 0 Å². The Labute approximate surface area is 176 Å². The van der Waals surface area contributed by atoms with Crippen LogP contribution in [0.3, 0.4) is 0 Å². The molecule has 0 heterocycles.